The van der Waals surface area contributed by atoms with Gasteiger partial charge in [0.25, 0.3) is 0 Å². The molecule has 0 radical (unpaired) electrons. The van der Waals surface area contributed by atoms with Gasteiger partial charge in [0.1, 0.15) is 6.04 Å². The molecule has 0 saturated heterocycles. The van der Waals surface area contributed by atoms with Crippen molar-refractivity contribution in [3.8, 4) is 0 Å². The lowest BCUT2D eigenvalue weighted by molar-refractivity contribution is -0.147. The second kappa shape index (κ2) is 7.26. The summed E-state index contributed by atoms with van der Waals surface area (Å²) < 4.78 is 4.34. The molecule has 2 N–H and O–H groups in total. The Morgan fingerprint density at radius 3 is 2.53 bits per heavy atom. The Labute approximate surface area is 99.0 Å². The van der Waals surface area contributed by atoms with Crippen molar-refractivity contribution in [1.82, 2.24) is 10.2 Å². The molecule has 0 aromatic rings. The lowest BCUT2D eigenvalue weighted by atomic mass is 10.2. The van der Waals surface area contributed by atoms with Crippen molar-refractivity contribution in [1.29, 1.82) is 0 Å². The molecular weight excluding hydrogens is 228 g/mol. The zero-order valence-corrected chi connectivity index (χ0v) is 9.80. The Morgan fingerprint density at radius 1 is 1.53 bits per heavy atom. The number of hydrogen-bond donors (Lipinski definition) is 2. The van der Waals surface area contributed by atoms with Gasteiger partial charge in [0.2, 0.25) is 0 Å². The number of carbonyl (C=O) groups excluding carboxylic acids is 2. The van der Waals surface area contributed by atoms with Gasteiger partial charge in [-0.25, -0.2) is 9.59 Å². The minimum atomic E-state index is -1.30. The molecule has 2 amide bonds. The molecule has 0 aliphatic carbocycles. The molecule has 17 heavy (non-hydrogen) atoms. The van der Waals surface area contributed by atoms with E-state index in [0.29, 0.717) is 0 Å². The predicted molar refractivity (Wildman–Crippen MR) is 59.4 cm³/mol. The van der Waals surface area contributed by atoms with E-state index in [1.807, 2.05) is 0 Å². The van der Waals surface area contributed by atoms with Crippen LogP contribution in [-0.2, 0) is 14.3 Å². The van der Waals surface area contributed by atoms with Gasteiger partial charge in [-0.3, -0.25) is 4.79 Å². The summed E-state index contributed by atoms with van der Waals surface area (Å²) in [6, 6.07) is -1.90. The Kier molecular flexibility index (Phi) is 6.39. The van der Waals surface area contributed by atoms with Crippen LogP contribution in [0.5, 0.6) is 0 Å². The topological polar surface area (TPSA) is 95.9 Å². The zero-order valence-electron chi connectivity index (χ0n) is 9.80. The molecule has 0 aliphatic heterocycles. The highest BCUT2D eigenvalue weighted by Gasteiger charge is 2.24. The number of hydrogen-bond acceptors (Lipinski definition) is 4. The van der Waals surface area contributed by atoms with Gasteiger partial charge in [-0.05, 0) is 0 Å². The summed E-state index contributed by atoms with van der Waals surface area (Å²) in [5.41, 5.74) is 0. The number of carboxylic acid groups (broad SMARTS) is 1. The van der Waals surface area contributed by atoms with E-state index in [2.05, 4.69) is 16.6 Å². The van der Waals surface area contributed by atoms with E-state index >= 15 is 0 Å². The van der Waals surface area contributed by atoms with Gasteiger partial charge in [0.15, 0.2) is 0 Å². The average molecular weight is 244 g/mol. The highest BCUT2D eigenvalue weighted by Crippen LogP contribution is 1.97. The van der Waals surface area contributed by atoms with Gasteiger partial charge < -0.3 is 20.1 Å². The molecule has 0 heterocycles. The monoisotopic (exact) mass is 244 g/mol. The van der Waals surface area contributed by atoms with Gasteiger partial charge >= 0.3 is 18.0 Å². The minimum Gasteiger partial charge on any atom is -0.480 e. The first-order chi connectivity index (χ1) is 7.92. The average Bonchev–Trinajstić information content (AvgIpc) is 2.27. The fraction of sp³-hybridized carbons (Fsp3) is 0.500. The smallest absolute Gasteiger partial charge is 0.326 e. The zero-order chi connectivity index (χ0) is 13.4. The lowest BCUT2D eigenvalue weighted by Gasteiger charge is -2.19. The van der Waals surface area contributed by atoms with E-state index in [1.54, 1.807) is 0 Å². The van der Waals surface area contributed by atoms with Gasteiger partial charge in [-0.2, -0.15) is 0 Å². The number of aliphatic carboxylic acids is 1. The summed E-state index contributed by atoms with van der Waals surface area (Å²) in [6.07, 6.45) is 1.08. The molecule has 0 unspecified atom stereocenters. The number of carboxylic acids is 1. The van der Waals surface area contributed by atoms with Crippen molar-refractivity contribution in [3.05, 3.63) is 12.7 Å². The third-order valence-corrected chi connectivity index (χ3v) is 1.94. The van der Waals surface area contributed by atoms with E-state index in [4.69, 9.17) is 5.11 Å². The molecule has 0 aromatic heterocycles. The predicted octanol–water partition coefficient (Wildman–Crippen LogP) is -0.170. The minimum absolute atomic E-state index is 0.274. The first kappa shape index (κ1) is 14.9. The van der Waals surface area contributed by atoms with Gasteiger partial charge in [-0.15, -0.1) is 6.58 Å². The van der Waals surface area contributed by atoms with Crippen molar-refractivity contribution in [2.45, 2.75) is 12.5 Å². The van der Waals surface area contributed by atoms with E-state index < -0.39 is 30.4 Å². The Balaban J connectivity index is 4.44. The van der Waals surface area contributed by atoms with Crippen molar-refractivity contribution >= 4 is 18.0 Å². The molecule has 0 bridgehead atoms. The summed E-state index contributed by atoms with van der Waals surface area (Å²) in [4.78, 5) is 34.4. The van der Waals surface area contributed by atoms with E-state index in [1.165, 1.54) is 18.0 Å². The molecule has 96 valence electrons. The number of carbonyl (C=O) groups is 3. The first-order valence-corrected chi connectivity index (χ1v) is 4.84. The number of urea groups is 1. The summed E-state index contributed by atoms with van der Waals surface area (Å²) in [5, 5.41) is 11.0. The first-order valence-electron chi connectivity index (χ1n) is 4.84. The number of ether oxygens (including phenoxy) is 1. The van der Waals surface area contributed by atoms with E-state index in [-0.39, 0.29) is 6.54 Å². The van der Waals surface area contributed by atoms with E-state index in [9.17, 15) is 14.4 Å². The van der Waals surface area contributed by atoms with E-state index in [0.717, 1.165) is 7.11 Å². The van der Waals surface area contributed by atoms with Crippen LogP contribution in [-0.4, -0.2) is 54.7 Å². The van der Waals surface area contributed by atoms with Crippen molar-refractivity contribution in [2.24, 2.45) is 0 Å². The molecule has 1 atom stereocenters. The molecule has 7 heteroatoms. The van der Waals surface area contributed by atoms with Crippen LogP contribution in [0.25, 0.3) is 0 Å². The van der Waals surface area contributed by atoms with Crippen LogP contribution in [0.3, 0.4) is 0 Å². The Morgan fingerprint density at radius 2 is 2.12 bits per heavy atom. The summed E-state index contributed by atoms with van der Waals surface area (Å²) in [7, 11) is 2.63. The molecule has 0 spiro atoms. The highest BCUT2D eigenvalue weighted by molar-refractivity contribution is 5.86. The van der Waals surface area contributed by atoms with Gasteiger partial charge in [-0.1, -0.05) is 6.08 Å². The standard InChI is InChI=1S/C10H16N2O5/c1-4-5-12(2)10(16)11-7(9(14)15)6-8(13)17-3/h4,7H,1,5-6H2,2-3H3,(H,11,16)(H,14,15)/t7-/m0/s1. The van der Waals surface area contributed by atoms with Crippen molar-refractivity contribution in [3.63, 3.8) is 0 Å². The summed E-state index contributed by atoms with van der Waals surface area (Å²) in [6.45, 7) is 3.72. The molecular formula is C10H16N2O5. The van der Waals surface area contributed by atoms with Crippen LogP contribution in [0, 0.1) is 0 Å². The largest absolute Gasteiger partial charge is 0.480 e. The van der Waals surface area contributed by atoms with Crippen LogP contribution in [0.4, 0.5) is 4.79 Å². The number of methoxy groups -OCH3 is 1. The van der Waals surface area contributed by atoms with Crippen LogP contribution < -0.4 is 5.32 Å². The lowest BCUT2D eigenvalue weighted by Crippen LogP contribution is -2.47. The third-order valence-electron chi connectivity index (χ3n) is 1.94. The summed E-state index contributed by atoms with van der Waals surface area (Å²) >= 11 is 0. The maximum absolute atomic E-state index is 11.5. The number of esters is 1. The molecule has 0 aromatic carbocycles. The highest BCUT2D eigenvalue weighted by atomic mass is 16.5. The maximum Gasteiger partial charge on any atom is 0.326 e. The van der Waals surface area contributed by atoms with Crippen molar-refractivity contribution in [2.75, 3.05) is 20.7 Å². The third kappa shape index (κ3) is 5.55. The second-order valence-electron chi connectivity index (χ2n) is 3.29. The molecule has 0 aliphatic rings. The fourth-order valence-electron chi connectivity index (χ4n) is 0.986. The molecule has 0 saturated carbocycles. The second-order valence-corrected chi connectivity index (χ2v) is 3.29. The number of nitrogens with zero attached hydrogens (tertiary/aromatic N) is 1. The number of nitrogens with one attached hydrogen (secondary N) is 1. The van der Waals surface area contributed by atoms with Crippen LogP contribution >= 0.6 is 0 Å². The SMILES string of the molecule is C=CCN(C)C(=O)N[C@@H](CC(=O)OC)C(=O)O. The van der Waals surface area contributed by atoms with Gasteiger partial charge in [0.05, 0.1) is 13.5 Å². The normalized spacial score (nSPS) is 11.2. The van der Waals surface area contributed by atoms with Crippen molar-refractivity contribution < 1.29 is 24.2 Å². The van der Waals surface area contributed by atoms with Crippen LogP contribution in [0.15, 0.2) is 12.7 Å². The van der Waals surface area contributed by atoms with Gasteiger partial charge in [0, 0.05) is 13.6 Å². The molecule has 0 rings (SSSR count). The van der Waals surface area contributed by atoms with Crippen LogP contribution in [0.1, 0.15) is 6.42 Å². The quantitative estimate of drug-likeness (QED) is 0.499. The molecule has 0 fully saturated rings. The molecule has 7 nitrogen and oxygen atoms in total. The Hall–Kier alpha value is -2.05. The van der Waals surface area contributed by atoms with Crippen LogP contribution in [0.2, 0.25) is 0 Å². The fourth-order valence-corrected chi connectivity index (χ4v) is 0.986. The number of amides is 2. The maximum atomic E-state index is 11.5. The summed E-state index contributed by atoms with van der Waals surface area (Å²) in [5.74, 6) is -2.00. The number of likely N-dealkylation sites (N-methyl/N-ethyl adjacent to an activating group) is 1. The Bertz CT molecular complexity index is 316. The number of rotatable bonds is 6.